The van der Waals surface area contributed by atoms with Crippen LogP contribution in [0.15, 0.2) is 71.3 Å². The van der Waals surface area contributed by atoms with Crippen LogP contribution in [0.4, 0.5) is 0 Å². The topological polar surface area (TPSA) is 26.0 Å². The van der Waals surface area contributed by atoms with Gasteiger partial charge in [-0.3, -0.25) is 0 Å². The highest BCUT2D eigenvalue weighted by molar-refractivity contribution is 7.18. The van der Waals surface area contributed by atoms with Crippen molar-refractivity contribution in [2.45, 2.75) is 60.3 Å². The third-order valence-corrected chi connectivity index (χ3v) is 8.80. The maximum Gasteiger partial charge on any atom is 0.134 e. The number of aryl methyl sites for hydroxylation is 2. The fourth-order valence-corrected chi connectivity index (χ4v) is 6.71. The van der Waals surface area contributed by atoms with E-state index in [0.717, 1.165) is 22.5 Å². The summed E-state index contributed by atoms with van der Waals surface area (Å²) in [6, 6.07) is 22.3. The molecule has 38 heavy (non-hydrogen) atoms. The standard InChI is InChI=1S/C35H35NOS/c1-20(2)14-26-19-37-32-17-24(12-13-28(26)32)29-18-31(36-34-33(29)21(3)22(4)38-34)25-15-23-10-8-9-11-27(23)30(16-25)35(5,6)7/h8-13,15-20H,14H2,1-7H3. The molecule has 0 unspecified atom stereocenters. The minimum absolute atomic E-state index is 0.0245. The van der Waals surface area contributed by atoms with Crippen LogP contribution in [0, 0.1) is 19.8 Å². The Bertz CT molecular complexity index is 1830. The van der Waals surface area contributed by atoms with Gasteiger partial charge in [-0.25, -0.2) is 4.98 Å². The number of fused-ring (bicyclic) bond motifs is 3. The molecule has 3 heteroatoms. The molecule has 3 aromatic carbocycles. The number of hydrogen-bond donors (Lipinski definition) is 0. The molecule has 0 bridgehead atoms. The highest BCUT2D eigenvalue weighted by atomic mass is 32.1. The van der Waals surface area contributed by atoms with Crippen molar-refractivity contribution >= 4 is 43.3 Å². The molecule has 3 aromatic heterocycles. The number of hydrogen-bond acceptors (Lipinski definition) is 3. The molecule has 6 aromatic rings. The van der Waals surface area contributed by atoms with Gasteiger partial charge in [0, 0.05) is 21.2 Å². The second-order valence-electron chi connectivity index (χ2n) is 12.1. The maximum absolute atomic E-state index is 6.06. The van der Waals surface area contributed by atoms with Gasteiger partial charge < -0.3 is 4.42 Å². The SMILES string of the molecule is Cc1sc2nc(-c3cc(C(C)(C)C)c4ccccc4c3)cc(-c3ccc4c(CC(C)C)coc4c3)c2c1C. The highest BCUT2D eigenvalue weighted by Crippen LogP contribution is 2.41. The van der Waals surface area contributed by atoms with E-state index < -0.39 is 0 Å². The van der Waals surface area contributed by atoms with Gasteiger partial charge in [-0.1, -0.05) is 71.0 Å². The summed E-state index contributed by atoms with van der Waals surface area (Å²) < 4.78 is 6.06. The molecule has 0 aliphatic heterocycles. The molecule has 6 rings (SSSR count). The third-order valence-electron chi connectivity index (χ3n) is 7.70. The van der Waals surface area contributed by atoms with Crippen LogP contribution >= 0.6 is 11.3 Å². The highest BCUT2D eigenvalue weighted by Gasteiger charge is 2.21. The van der Waals surface area contributed by atoms with Crippen LogP contribution in [0.2, 0.25) is 0 Å². The Morgan fingerprint density at radius 3 is 2.45 bits per heavy atom. The zero-order chi connectivity index (χ0) is 26.8. The summed E-state index contributed by atoms with van der Waals surface area (Å²) in [6.45, 7) is 15.8. The van der Waals surface area contributed by atoms with Crippen molar-refractivity contribution in [1.82, 2.24) is 4.98 Å². The lowest BCUT2D eigenvalue weighted by atomic mass is 9.82. The summed E-state index contributed by atoms with van der Waals surface area (Å²) in [7, 11) is 0. The molecular formula is C35H35NOS. The summed E-state index contributed by atoms with van der Waals surface area (Å²) >= 11 is 1.79. The number of pyridine rings is 1. The average molecular weight is 518 g/mol. The molecule has 192 valence electrons. The second-order valence-corrected chi connectivity index (χ2v) is 13.3. The van der Waals surface area contributed by atoms with Crippen molar-refractivity contribution in [3.05, 3.63) is 88.5 Å². The van der Waals surface area contributed by atoms with E-state index in [1.807, 2.05) is 6.26 Å². The van der Waals surface area contributed by atoms with Gasteiger partial charge in [0.1, 0.15) is 10.4 Å². The molecule has 0 N–H and O–H groups in total. The minimum Gasteiger partial charge on any atom is -0.464 e. The fourth-order valence-electron chi connectivity index (χ4n) is 5.66. The Kier molecular flexibility index (Phi) is 5.96. The molecule has 0 fully saturated rings. The Morgan fingerprint density at radius 1 is 0.895 bits per heavy atom. The first-order chi connectivity index (χ1) is 18.1. The molecule has 0 saturated heterocycles. The van der Waals surface area contributed by atoms with E-state index in [2.05, 4.69) is 109 Å². The van der Waals surface area contributed by atoms with Crippen molar-refractivity contribution in [3.63, 3.8) is 0 Å². The van der Waals surface area contributed by atoms with Gasteiger partial charge in [0.2, 0.25) is 0 Å². The number of nitrogens with zero attached hydrogens (tertiary/aromatic N) is 1. The number of thiophene rings is 1. The van der Waals surface area contributed by atoms with E-state index >= 15 is 0 Å². The Balaban J connectivity index is 1.59. The minimum atomic E-state index is 0.0245. The first-order valence-electron chi connectivity index (χ1n) is 13.5. The number of furan rings is 1. The van der Waals surface area contributed by atoms with E-state index in [1.54, 1.807) is 11.3 Å². The second kappa shape index (κ2) is 9.10. The van der Waals surface area contributed by atoms with Crippen LogP contribution in [0.25, 0.3) is 54.3 Å². The summed E-state index contributed by atoms with van der Waals surface area (Å²) in [4.78, 5) is 7.65. The first kappa shape index (κ1) is 24.9. The van der Waals surface area contributed by atoms with Crippen molar-refractivity contribution < 1.29 is 4.42 Å². The van der Waals surface area contributed by atoms with Crippen LogP contribution < -0.4 is 0 Å². The van der Waals surface area contributed by atoms with Gasteiger partial charge in [-0.05, 0) is 94.5 Å². The monoisotopic (exact) mass is 517 g/mol. The van der Waals surface area contributed by atoms with E-state index in [-0.39, 0.29) is 5.41 Å². The number of aromatic nitrogens is 1. The molecule has 2 nitrogen and oxygen atoms in total. The van der Waals surface area contributed by atoms with Crippen molar-refractivity contribution in [1.29, 1.82) is 0 Å². The summed E-state index contributed by atoms with van der Waals surface area (Å²) in [5.74, 6) is 0.592. The summed E-state index contributed by atoms with van der Waals surface area (Å²) in [5, 5.41) is 5.04. The normalized spacial score (nSPS) is 12.4. The smallest absolute Gasteiger partial charge is 0.134 e. The summed E-state index contributed by atoms with van der Waals surface area (Å²) in [5.41, 5.74) is 9.51. The van der Waals surface area contributed by atoms with E-state index in [4.69, 9.17) is 9.40 Å². The Morgan fingerprint density at radius 2 is 1.68 bits per heavy atom. The zero-order valence-electron chi connectivity index (χ0n) is 23.4. The quantitative estimate of drug-likeness (QED) is 0.232. The largest absolute Gasteiger partial charge is 0.464 e. The average Bonchev–Trinajstić information content (AvgIpc) is 3.40. The molecule has 3 heterocycles. The lowest BCUT2D eigenvalue weighted by molar-refractivity contribution is 0.594. The van der Waals surface area contributed by atoms with E-state index in [9.17, 15) is 0 Å². The van der Waals surface area contributed by atoms with Gasteiger partial charge in [0.15, 0.2) is 0 Å². The first-order valence-corrected chi connectivity index (χ1v) is 14.4. The molecule has 0 saturated carbocycles. The number of benzene rings is 3. The Hall–Kier alpha value is -3.43. The Labute approximate surface area is 229 Å². The van der Waals surface area contributed by atoms with Gasteiger partial charge in [0.05, 0.1) is 12.0 Å². The van der Waals surface area contributed by atoms with Crippen LogP contribution in [0.1, 0.15) is 56.2 Å². The van der Waals surface area contributed by atoms with Crippen LogP contribution in [0.5, 0.6) is 0 Å². The lowest BCUT2D eigenvalue weighted by Crippen LogP contribution is -2.12. The molecule has 0 aliphatic carbocycles. The molecule has 0 radical (unpaired) electrons. The molecule has 0 spiro atoms. The summed E-state index contributed by atoms with van der Waals surface area (Å²) in [6.07, 6.45) is 2.96. The van der Waals surface area contributed by atoms with Gasteiger partial charge in [-0.15, -0.1) is 11.3 Å². The molecule has 0 aliphatic rings. The lowest BCUT2D eigenvalue weighted by Gasteiger charge is -2.23. The maximum atomic E-state index is 6.06. The van der Waals surface area contributed by atoms with Gasteiger partial charge in [0.25, 0.3) is 0 Å². The van der Waals surface area contributed by atoms with Gasteiger partial charge in [-0.2, -0.15) is 0 Å². The van der Waals surface area contributed by atoms with Crippen LogP contribution in [0.3, 0.4) is 0 Å². The van der Waals surface area contributed by atoms with Gasteiger partial charge >= 0.3 is 0 Å². The zero-order valence-corrected chi connectivity index (χ0v) is 24.2. The predicted octanol–water partition coefficient (Wildman–Crippen LogP) is 10.6. The van der Waals surface area contributed by atoms with Crippen LogP contribution in [-0.4, -0.2) is 4.98 Å². The molecule has 0 amide bonds. The van der Waals surface area contributed by atoms with Crippen LogP contribution in [-0.2, 0) is 11.8 Å². The number of rotatable bonds is 4. The van der Waals surface area contributed by atoms with E-state index in [1.165, 1.54) is 59.8 Å². The third kappa shape index (κ3) is 4.23. The van der Waals surface area contributed by atoms with Crippen molar-refractivity contribution in [2.75, 3.05) is 0 Å². The molecular weight excluding hydrogens is 482 g/mol. The van der Waals surface area contributed by atoms with E-state index in [0.29, 0.717) is 5.92 Å². The molecule has 0 atom stereocenters. The predicted molar refractivity (Wildman–Crippen MR) is 164 cm³/mol. The van der Waals surface area contributed by atoms with Crippen molar-refractivity contribution in [3.8, 4) is 22.4 Å². The van der Waals surface area contributed by atoms with Crippen molar-refractivity contribution in [2.24, 2.45) is 5.92 Å². The fraction of sp³-hybridized carbons (Fsp3) is 0.286.